The number of rotatable bonds is 4. The second-order valence-corrected chi connectivity index (χ2v) is 10.0. The summed E-state index contributed by atoms with van der Waals surface area (Å²) in [5.74, 6) is 0. The number of hydrogen-bond donors (Lipinski definition) is 0. The van der Waals surface area contributed by atoms with E-state index in [-0.39, 0.29) is 16.9 Å². The molecule has 9 aromatic rings. The number of benzene rings is 7. The average molecular weight is 579 g/mol. The highest BCUT2D eigenvalue weighted by atomic mass is 15.0. The fourth-order valence-electron chi connectivity index (χ4n) is 5.96. The maximum absolute atomic E-state index is 9.56. The van der Waals surface area contributed by atoms with Gasteiger partial charge in [-0.2, -0.15) is 0 Å². The molecule has 0 unspecified atom stereocenters. The van der Waals surface area contributed by atoms with E-state index in [0.717, 1.165) is 0 Å². The summed E-state index contributed by atoms with van der Waals surface area (Å²) in [7, 11) is 0. The molecule has 7 aromatic carbocycles. The summed E-state index contributed by atoms with van der Waals surface area (Å²) in [5, 5.41) is 2.08. The second kappa shape index (κ2) is 9.86. The van der Waals surface area contributed by atoms with Crippen molar-refractivity contribution in [3.05, 3.63) is 169 Å². The fourth-order valence-corrected chi connectivity index (χ4v) is 5.96. The Kier molecular flexibility index (Phi) is 2.87. The van der Waals surface area contributed by atoms with E-state index < -0.39 is 125 Å². The van der Waals surface area contributed by atoms with E-state index in [2.05, 4.69) is 0 Å². The van der Waals surface area contributed by atoms with Gasteiger partial charge in [-0.05, 0) is 53.0 Å². The minimum atomic E-state index is -0.711. The molecule has 0 aliphatic carbocycles. The molecule has 2 aromatic heterocycles. The number of aromatic nitrogens is 2. The van der Waals surface area contributed by atoms with Crippen molar-refractivity contribution in [3.8, 4) is 33.6 Å². The molecule has 0 saturated carbocycles. The second-order valence-electron chi connectivity index (χ2n) is 10.0. The highest BCUT2D eigenvalue weighted by Gasteiger charge is 2.22. The van der Waals surface area contributed by atoms with Crippen LogP contribution in [-0.4, -0.2) is 9.13 Å². The Morgan fingerprint density at radius 1 is 0.432 bits per heavy atom. The lowest BCUT2D eigenvalue weighted by Crippen LogP contribution is -1.98. The molecular formula is C42H28N2. The van der Waals surface area contributed by atoms with Gasteiger partial charge in [0.1, 0.15) is 0 Å². The van der Waals surface area contributed by atoms with Crippen molar-refractivity contribution in [1.29, 1.82) is 0 Å². The van der Waals surface area contributed by atoms with Crippen LogP contribution in [0, 0.1) is 0 Å². The van der Waals surface area contributed by atoms with E-state index in [1.807, 2.05) is 0 Å². The van der Waals surface area contributed by atoms with E-state index in [0.29, 0.717) is 43.6 Å². The third-order valence-electron chi connectivity index (χ3n) is 7.70. The summed E-state index contributed by atoms with van der Waals surface area (Å²) in [4.78, 5) is 0. The van der Waals surface area contributed by atoms with E-state index in [1.165, 1.54) is 4.57 Å². The summed E-state index contributed by atoms with van der Waals surface area (Å²) >= 11 is 0. The van der Waals surface area contributed by atoms with Crippen LogP contribution in [0.2, 0.25) is 0 Å². The van der Waals surface area contributed by atoms with Crippen molar-refractivity contribution in [3.63, 3.8) is 0 Å². The van der Waals surface area contributed by atoms with Gasteiger partial charge in [-0.3, -0.25) is 0 Å². The van der Waals surface area contributed by atoms with Crippen molar-refractivity contribution in [2.75, 3.05) is 0 Å². The standard InChI is InChI=1S/C42H28N2/c1-3-14-29(15-4-1)31-18-13-19-32(28-31)43-39-25-12-9-22-36(39)41-40(43)27-26-35-34-21-8-11-24-38(34)44(42(35)41)37-23-10-7-20-33(37)30-16-5-2-6-17-30/h1-28H/i1D,2D,3D,4D,5D,6D,7D,10D,13D,14D,15D,16D,17D,18D,19D,20D,23D,28D. The molecule has 0 radical (unpaired) electrons. The van der Waals surface area contributed by atoms with Crippen LogP contribution in [0.3, 0.4) is 0 Å². The smallest absolute Gasteiger partial charge is 0.0651 e. The molecule has 0 spiro atoms. The number of nitrogens with zero attached hydrogens (tertiary/aromatic N) is 2. The third-order valence-corrected chi connectivity index (χ3v) is 7.70. The van der Waals surface area contributed by atoms with E-state index in [1.54, 1.807) is 65.2 Å². The topological polar surface area (TPSA) is 9.86 Å². The van der Waals surface area contributed by atoms with E-state index in [9.17, 15) is 5.48 Å². The predicted octanol–water partition coefficient (Wildman–Crippen LogP) is 11.2. The first kappa shape index (κ1) is 12.8. The third kappa shape index (κ3) is 3.68. The summed E-state index contributed by atoms with van der Waals surface area (Å²) in [5.41, 5.74) is -0.776. The largest absolute Gasteiger partial charge is 0.309 e. The lowest BCUT2D eigenvalue weighted by Gasteiger charge is -2.15. The van der Waals surface area contributed by atoms with Gasteiger partial charge < -0.3 is 9.13 Å². The minimum Gasteiger partial charge on any atom is -0.309 e. The van der Waals surface area contributed by atoms with Gasteiger partial charge in [0.25, 0.3) is 0 Å². The van der Waals surface area contributed by atoms with Gasteiger partial charge in [-0.15, -0.1) is 0 Å². The quantitative estimate of drug-likeness (QED) is 0.197. The van der Waals surface area contributed by atoms with Crippen molar-refractivity contribution in [2.45, 2.75) is 0 Å². The molecule has 2 nitrogen and oxygen atoms in total. The van der Waals surface area contributed by atoms with Crippen LogP contribution in [0.15, 0.2) is 169 Å². The van der Waals surface area contributed by atoms with Gasteiger partial charge in [0, 0.05) is 32.8 Å². The normalized spacial score (nSPS) is 17.4. The Morgan fingerprint density at radius 2 is 1.07 bits per heavy atom. The molecule has 9 rings (SSSR count). The number of hydrogen-bond acceptors (Lipinski definition) is 0. The van der Waals surface area contributed by atoms with Crippen LogP contribution < -0.4 is 0 Å². The Bertz CT molecular complexity index is 3460. The molecule has 0 atom stereocenters. The van der Waals surface area contributed by atoms with Crippen molar-refractivity contribution in [2.24, 2.45) is 0 Å². The van der Waals surface area contributed by atoms with Crippen LogP contribution in [0.25, 0.3) is 77.2 Å². The van der Waals surface area contributed by atoms with Crippen LogP contribution >= 0.6 is 0 Å². The monoisotopic (exact) mass is 578 g/mol. The molecule has 0 N–H and O–H groups in total. The lowest BCUT2D eigenvalue weighted by atomic mass is 10.0. The molecule has 0 saturated heterocycles. The van der Waals surface area contributed by atoms with Crippen LogP contribution in [0.4, 0.5) is 0 Å². The van der Waals surface area contributed by atoms with Gasteiger partial charge >= 0.3 is 0 Å². The first-order chi connectivity index (χ1) is 29.3. The molecule has 0 aliphatic rings. The number of fused-ring (bicyclic) bond motifs is 7. The first-order valence-corrected chi connectivity index (χ1v) is 13.7. The Balaban J connectivity index is 1.51. The zero-order valence-electron chi connectivity index (χ0n) is 40.7. The molecule has 2 heteroatoms. The molecule has 0 amide bonds. The SMILES string of the molecule is [2H]c1c([2H])c([2H])c(-c2c([2H])c([2H])c([2H])c(-n3c4ccccc4c4c3ccc3c5ccccc5n(-c5c([2H])c([2H])c([2H])c([2H])c5-c5c([2H])c([2H])c([2H])c([2H])c5[2H])c34)c2[2H])c([2H])c1[2H]. The van der Waals surface area contributed by atoms with Crippen molar-refractivity contribution in [1.82, 2.24) is 9.13 Å². The lowest BCUT2D eigenvalue weighted by molar-refractivity contribution is 1.17. The van der Waals surface area contributed by atoms with Crippen LogP contribution in [-0.2, 0) is 0 Å². The molecule has 206 valence electrons. The van der Waals surface area contributed by atoms with Crippen molar-refractivity contribution >= 4 is 43.6 Å². The molecule has 44 heavy (non-hydrogen) atoms. The van der Waals surface area contributed by atoms with Gasteiger partial charge in [-0.1, -0.05) is 133 Å². The summed E-state index contributed by atoms with van der Waals surface area (Å²) in [6.07, 6.45) is 0. The number of para-hydroxylation sites is 3. The molecule has 0 fully saturated rings. The van der Waals surface area contributed by atoms with E-state index >= 15 is 0 Å². The van der Waals surface area contributed by atoms with Gasteiger partial charge in [0.2, 0.25) is 0 Å². The maximum Gasteiger partial charge on any atom is 0.0651 e. The fraction of sp³-hybridized carbons (Fsp3) is 0. The van der Waals surface area contributed by atoms with Crippen LogP contribution in [0.1, 0.15) is 24.7 Å². The highest BCUT2D eigenvalue weighted by molar-refractivity contribution is 6.26. The molecule has 0 aliphatic heterocycles. The molecule has 2 heterocycles. The molecular weight excluding hydrogens is 532 g/mol. The van der Waals surface area contributed by atoms with Gasteiger partial charge in [-0.25, -0.2) is 0 Å². The predicted molar refractivity (Wildman–Crippen MR) is 186 cm³/mol. The molecule has 0 bridgehead atoms. The van der Waals surface area contributed by atoms with Crippen molar-refractivity contribution < 1.29 is 24.7 Å². The first-order valence-electron chi connectivity index (χ1n) is 22.7. The summed E-state index contributed by atoms with van der Waals surface area (Å²) < 4.78 is 161. The van der Waals surface area contributed by atoms with E-state index in [4.69, 9.17) is 19.2 Å². The zero-order chi connectivity index (χ0) is 44.7. The highest BCUT2D eigenvalue weighted by Crippen LogP contribution is 2.43. The summed E-state index contributed by atoms with van der Waals surface area (Å²) in [6.45, 7) is 0. The van der Waals surface area contributed by atoms with Gasteiger partial charge in [0.15, 0.2) is 0 Å². The zero-order valence-corrected chi connectivity index (χ0v) is 22.7. The Labute approximate surface area is 281 Å². The summed E-state index contributed by atoms with van der Waals surface area (Å²) in [6, 6.07) is 5.19. The average Bonchev–Trinajstić information content (AvgIpc) is 3.78. The Morgan fingerprint density at radius 3 is 1.86 bits per heavy atom. The Hall–Kier alpha value is -5.86. The maximum atomic E-state index is 9.56. The minimum absolute atomic E-state index is 0.220. The van der Waals surface area contributed by atoms with Gasteiger partial charge in [0.05, 0.1) is 52.4 Å². The van der Waals surface area contributed by atoms with Crippen LogP contribution in [0.5, 0.6) is 0 Å².